The fraction of sp³-hybridized carbons (Fsp3) is 0.263. The van der Waals surface area contributed by atoms with E-state index in [4.69, 9.17) is 11.6 Å². The summed E-state index contributed by atoms with van der Waals surface area (Å²) in [5.74, 6) is -2.20. The standard InChI is InChI=1S/C19H18ClF3N2O2/c1-2-25(18(27)19(21,22)23)12-13-6-5-8-15(10-13)24-17(26)11-14-7-3-4-9-16(14)20/h3-10H,2,11-12H2,1H3,(H,24,26). The zero-order valence-corrected chi connectivity index (χ0v) is 15.3. The van der Waals surface area contributed by atoms with Crippen molar-refractivity contribution in [2.24, 2.45) is 0 Å². The largest absolute Gasteiger partial charge is 0.471 e. The average molecular weight is 399 g/mol. The molecule has 144 valence electrons. The molecule has 0 aliphatic rings. The van der Waals surface area contributed by atoms with Gasteiger partial charge in [-0.15, -0.1) is 0 Å². The molecule has 0 saturated heterocycles. The Hall–Kier alpha value is -2.54. The molecule has 0 atom stereocenters. The van der Waals surface area contributed by atoms with Crippen molar-refractivity contribution in [3.8, 4) is 0 Å². The summed E-state index contributed by atoms with van der Waals surface area (Å²) in [5.41, 5.74) is 1.57. The van der Waals surface area contributed by atoms with Gasteiger partial charge in [0.25, 0.3) is 0 Å². The third-order valence-corrected chi connectivity index (χ3v) is 4.17. The first-order valence-corrected chi connectivity index (χ1v) is 8.56. The molecule has 0 spiro atoms. The molecule has 0 saturated carbocycles. The molecule has 2 aromatic rings. The number of carbonyl (C=O) groups is 2. The van der Waals surface area contributed by atoms with Gasteiger partial charge in [0, 0.05) is 23.8 Å². The third-order valence-electron chi connectivity index (χ3n) is 3.80. The summed E-state index contributed by atoms with van der Waals surface area (Å²) >= 11 is 6.03. The first-order chi connectivity index (χ1) is 12.7. The average Bonchev–Trinajstić information content (AvgIpc) is 2.60. The van der Waals surface area contributed by atoms with E-state index < -0.39 is 12.1 Å². The molecule has 0 heterocycles. The van der Waals surface area contributed by atoms with Crippen LogP contribution in [0.5, 0.6) is 0 Å². The maximum absolute atomic E-state index is 12.6. The Labute approximate surface area is 159 Å². The van der Waals surface area contributed by atoms with E-state index in [0.29, 0.717) is 26.7 Å². The van der Waals surface area contributed by atoms with Gasteiger partial charge in [-0.05, 0) is 36.2 Å². The Morgan fingerprint density at radius 3 is 2.44 bits per heavy atom. The maximum Gasteiger partial charge on any atom is 0.471 e. The number of hydrogen-bond donors (Lipinski definition) is 1. The lowest BCUT2D eigenvalue weighted by Gasteiger charge is -2.22. The van der Waals surface area contributed by atoms with Crippen molar-refractivity contribution in [3.63, 3.8) is 0 Å². The van der Waals surface area contributed by atoms with Crippen molar-refractivity contribution in [2.75, 3.05) is 11.9 Å². The van der Waals surface area contributed by atoms with E-state index in [1.807, 2.05) is 0 Å². The zero-order valence-electron chi connectivity index (χ0n) is 14.5. The summed E-state index contributed by atoms with van der Waals surface area (Å²) < 4.78 is 37.9. The van der Waals surface area contributed by atoms with E-state index in [1.54, 1.807) is 42.5 Å². The Morgan fingerprint density at radius 1 is 1.11 bits per heavy atom. The van der Waals surface area contributed by atoms with Gasteiger partial charge in [-0.1, -0.05) is 41.9 Å². The predicted molar refractivity (Wildman–Crippen MR) is 97.4 cm³/mol. The number of alkyl halides is 3. The second-order valence-electron chi connectivity index (χ2n) is 5.83. The Bertz CT molecular complexity index is 825. The molecule has 8 heteroatoms. The van der Waals surface area contributed by atoms with Crippen molar-refractivity contribution in [3.05, 3.63) is 64.7 Å². The highest BCUT2D eigenvalue weighted by molar-refractivity contribution is 6.31. The normalized spacial score (nSPS) is 11.1. The second kappa shape index (κ2) is 8.90. The molecule has 2 rings (SSSR count). The number of carbonyl (C=O) groups excluding carboxylic acids is 2. The molecule has 2 aromatic carbocycles. The van der Waals surface area contributed by atoms with Crippen LogP contribution >= 0.6 is 11.6 Å². The Balaban J connectivity index is 2.05. The van der Waals surface area contributed by atoms with Crippen molar-refractivity contribution < 1.29 is 22.8 Å². The predicted octanol–water partition coefficient (Wildman–Crippen LogP) is 4.43. The molecular weight excluding hydrogens is 381 g/mol. The fourth-order valence-electron chi connectivity index (χ4n) is 2.49. The molecule has 0 aromatic heterocycles. The topological polar surface area (TPSA) is 49.4 Å². The summed E-state index contributed by atoms with van der Waals surface area (Å²) in [6.45, 7) is 1.18. The van der Waals surface area contributed by atoms with Crippen LogP contribution in [0.4, 0.5) is 18.9 Å². The van der Waals surface area contributed by atoms with Crippen molar-refractivity contribution in [2.45, 2.75) is 26.1 Å². The highest BCUT2D eigenvalue weighted by atomic mass is 35.5. The van der Waals surface area contributed by atoms with Crippen LogP contribution in [0.3, 0.4) is 0 Å². The van der Waals surface area contributed by atoms with Gasteiger partial charge in [0.05, 0.1) is 6.42 Å². The summed E-state index contributed by atoms with van der Waals surface area (Å²) in [6.07, 6.45) is -4.85. The molecule has 2 amide bonds. The lowest BCUT2D eigenvalue weighted by atomic mass is 10.1. The highest BCUT2D eigenvalue weighted by Crippen LogP contribution is 2.21. The van der Waals surface area contributed by atoms with Gasteiger partial charge in [0.2, 0.25) is 5.91 Å². The number of benzene rings is 2. The quantitative estimate of drug-likeness (QED) is 0.782. The molecular formula is C19H18ClF3N2O2. The van der Waals surface area contributed by atoms with E-state index in [-0.39, 0.29) is 25.4 Å². The summed E-state index contributed by atoms with van der Waals surface area (Å²) in [6, 6.07) is 13.3. The van der Waals surface area contributed by atoms with Gasteiger partial charge in [-0.25, -0.2) is 0 Å². The van der Waals surface area contributed by atoms with E-state index in [0.717, 1.165) is 0 Å². The zero-order chi connectivity index (χ0) is 20.0. The third kappa shape index (κ3) is 5.99. The Morgan fingerprint density at radius 2 is 1.81 bits per heavy atom. The summed E-state index contributed by atoms with van der Waals surface area (Å²) in [4.78, 5) is 24.3. The van der Waals surface area contributed by atoms with E-state index in [9.17, 15) is 22.8 Å². The van der Waals surface area contributed by atoms with Crippen LogP contribution in [-0.2, 0) is 22.6 Å². The molecule has 0 bridgehead atoms. The summed E-state index contributed by atoms with van der Waals surface area (Å²) in [5, 5.41) is 3.16. The van der Waals surface area contributed by atoms with Gasteiger partial charge in [0.15, 0.2) is 0 Å². The van der Waals surface area contributed by atoms with Crippen LogP contribution in [-0.4, -0.2) is 29.4 Å². The molecule has 0 aliphatic heterocycles. The maximum atomic E-state index is 12.6. The van der Waals surface area contributed by atoms with Crippen LogP contribution < -0.4 is 5.32 Å². The number of rotatable bonds is 6. The highest BCUT2D eigenvalue weighted by Gasteiger charge is 2.41. The van der Waals surface area contributed by atoms with Crippen LogP contribution in [0.15, 0.2) is 48.5 Å². The number of anilines is 1. The van der Waals surface area contributed by atoms with Gasteiger partial charge in [-0.3, -0.25) is 9.59 Å². The van der Waals surface area contributed by atoms with Gasteiger partial charge in [0.1, 0.15) is 0 Å². The van der Waals surface area contributed by atoms with Crippen LogP contribution in [0, 0.1) is 0 Å². The van der Waals surface area contributed by atoms with Gasteiger partial charge in [-0.2, -0.15) is 13.2 Å². The molecule has 0 aliphatic carbocycles. The van der Waals surface area contributed by atoms with Gasteiger partial charge < -0.3 is 10.2 Å². The molecule has 0 unspecified atom stereocenters. The monoisotopic (exact) mass is 398 g/mol. The fourth-order valence-corrected chi connectivity index (χ4v) is 2.70. The first kappa shape index (κ1) is 20.8. The first-order valence-electron chi connectivity index (χ1n) is 8.19. The lowest BCUT2D eigenvalue weighted by Crippen LogP contribution is -2.40. The smallest absolute Gasteiger partial charge is 0.331 e. The van der Waals surface area contributed by atoms with Crippen molar-refractivity contribution >= 4 is 29.1 Å². The minimum atomic E-state index is -4.92. The molecule has 0 fully saturated rings. The SMILES string of the molecule is CCN(Cc1cccc(NC(=O)Cc2ccccc2Cl)c1)C(=O)C(F)(F)F. The minimum Gasteiger partial charge on any atom is -0.331 e. The minimum absolute atomic E-state index is 0.0670. The molecule has 27 heavy (non-hydrogen) atoms. The van der Waals surface area contributed by atoms with Crippen molar-refractivity contribution in [1.29, 1.82) is 0 Å². The lowest BCUT2D eigenvalue weighted by molar-refractivity contribution is -0.185. The van der Waals surface area contributed by atoms with E-state index in [2.05, 4.69) is 5.32 Å². The summed E-state index contributed by atoms with van der Waals surface area (Å²) in [7, 11) is 0. The molecule has 1 N–H and O–H groups in total. The number of nitrogens with one attached hydrogen (secondary N) is 1. The Kier molecular flexibility index (Phi) is 6.85. The van der Waals surface area contributed by atoms with Crippen LogP contribution in [0.25, 0.3) is 0 Å². The van der Waals surface area contributed by atoms with Crippen molar-refractivity contribution in [1.82, 2.24) is 4.90 Å². The van der Waals surface area contributed by atoms with Gasteiger partial charge >= 0.3 is 12.1 Å². The number of halogens is 4. The number of hydrogen-bond acceptors (Lipinski definition) is 2. The number of amides is 2. The molecule has 4 nitrogen and oxygen atoms in total. The van der Waals surface area contributed by atoms with Crippen LogP contribution in [0.1, 0.15) is 18.1 Å². The van der Waals surface area contributed by atoms with Crippen LogP contribution in [0.2, 0.25) is 5.02 Å². The second-order valence-corrected chi connectivity index (χ2v) is 6.24. The number of nitrogens with zero attached hydrogens (tertiary/aromatic N) is 1. The van der Waals surface area contributed by atoms with E-state index in [1.165, 1.54) is 13.0 Å². The molecule has 0 radical (unpaired) electrons. The van der Waals surface area contributed by atoms with E-state index >= 15 is 0 Å².